The Hall–Kier alpha value is -3.88. The van der Waals surface area contributed by atoms with E-state index in [1.54, 1.807) is 24.3 Å². The summed E-state index contributed by atoms with van der Waals surface area (Å²) in [6, 6.07) is 30.3. The number of carbonyl (C=O) groups is 1. The van der Waals surface area contributed by atoms with Gasteiger partial charge in [0.25, 0.3) is 0 Å². The van der Waals surface area contributed by atoms with Gasteiger partial charge < -0.3 is 5.11 Å². The van der Waals surface area contributed by atoms with Gasteiger partial charge >= 0.3 is 5.97 Å². The highest BCUT2D eigenvalue weighted by Gasteiger charge is 2.36. The standard InChI is InChI=1S/C25H29NO2.C18H25N.C7H7I/c1-17(2)26(5)23-14-15-25(3,4)22-16-19(10-13-21(22)23)7-6-18-8-11-20(12-9-18)24(27)28;1-7-14-8-9-15-16(12-14)18(4,5)11-10-17(15)19(6)13(2)3;1-6-2-4-7(8)5-3-6/h8-13,16-17,23H,14-15H2,1-5H3,(H,27,28);1,8-9,12-13,17H,10-11H2,2-6H3;2-5H,1H3. The molecular weight excluding hydrogens is 787 g/mol. The van der Waals surface area contributed by atoms with E-state index in [1.807, 2.05) is 0 Å². The molecule has 6 rings (SSSR count). The van der Waals surface area contributed by atoms with Crippen molar-refractivity contribution in [3.8, 4) is 24.2 Å². The van der Waals surface area contributed by atoms with E-state index in [9.17, 15) is 4.79 Å². The molecular formula is C50H61IN2O2. The number of nitrogens with zero attached hydrogens (tertiary/aromatic N) is 2. The Balaban J connectivity index is 0.000000213. The lowest BCUT2D eigenvalue weighted by Gasteiger charge is -2.42. The van der Waals surface area contributed by atoms with Crippen molar-refractivity contribution in [3.05, 3.63) is 139 Å². The highest BCUT2D eigenvalue weighted by molar-refractivity contribution is 14.1. The third-order valence-electron chi connectivity index (χ3n) is 11.6. The van der Waals surface area contributed by atoms with Gasteiger partial charge in [0.05, 0.1) is 5.56 Å². The van der Waals surface area contributed by atoms with E-state index in [-0.39, 0.29) is 16.4 Å². The van der Waals surface area contributed by atoms with Gasteiger partial charge in [-0.25, -0.2) is 4.79 Å². The molecule has 4 aromatic carbocycles. The van der Waals surface area contributed by atoms with Crippen molar-refractivity contribution < 1.29 is 9.90 Å². The lowest BCUT2D eigenvalue weighted by Crippen LogP contribution is -2.37. The minimum atomic E-state index is -0.919. The molecule has 0 amide bonds. The number of aromatic carboxylic acids is 1. The largest absolute Gasteiger partial charge is 0.478 e. The minimum Gasteiger partial charge on any atom is -0.478 e. The van der Waals surface area contributed by atoms with Crippen LogP contribution in [0.1, 0.15) is 148 Å². The molecule has 4 nitrogen and oxygen atoms in total. The SMILES string of the molecule is C#Cc1ccc2c(c1)C(C)(C)CCC2N(C)C(C)C.CC(C)N(C)C1CCC(C)(C)c2cc(C#Cc3ccc(C(=O)O)cc3)ccc21.Cc1ccc(I)cc1. The van der Waals surface area contributed by atoms with E-state index in [0.717, 1.165) is 23.1 Å². The first-order chi connectivity index (χ1) is 25.8. The lowest BCUT2D eigenvalue weighted by atomic mass is 9.70. The van der Waals surface area contributed by atoms with Crippen molar-refractivity contribution in [3.63, 3.8) is 0 Å². The Kier molecular flexibility index (Phi) is 15.0. The zero-order chi connectivity index (χ0) is 40.7. The fourth-order valence-electron chi connectivity index (χ4n) is 7.55. The molecule has 0 aliphatic heterocycles. The Morgan fingerprint density at radius 3 is 1.55 bits per heavy atom. The molecule has 0 saturated heterocycles. The van der Waals surface area contributed by atoms with Crippen LogP contribution in [0, 0.1) is 34.7 Å². The first kappa shape index (κ1) is 43.8. The molecule has 0 spiro atoms. The van der Waals surface area contributed by atoms with Crippen LogP contribution in [0.4, 0.5) is 0 Å². The summed E-state index contributed by atoms with van der Waals surface area (Å²) in [5.41, 5.74) is 10.5. The van der Waals surface area contributed by atoms with E-state index in [4.69, 9.17) is 11.5 Å². The van der Waals surface area contributed by atoms with E-state index >= 15 is 0 Å². The Morgan fingerprint density at radius 1 is 0.709 bits per heavy atom. The number of halogens is 1. The Bertz CT molecular complexity index is 2000. The molecule has 5 heteroatoms. The first-order valence-electron chi connectivity index (χ1n) is 19.6. The fraction of sp³-hybridized carbons (Fsp3) is 0.420. The smallest absolute Gasteiger partial charge is 0.335 e. The fourth-order valence-corrected chi connectivity index (χ4v) is 7.91. The van der Waals surface area contributed by atoms with Crippen LogP contribution in [-0.4, -0.2) is 47.1 Å². The summed E-state index contributed by atoms with van der Waals surface area (Å²) in [6.45, 7) is 20.4. The second-order valence-corrected chi connectivity index (χ2v) is 18.3. The van der Waals surface area contributed by atoms with Gasteiger partial charge in [0.15, 0.2) is 0 Å². The van der Waals surface area contributed by atoms with E-state index in [2.05, 4.69) is 187 Å². The van der Waals surface area contributed by atoms with Crippen LogP contribution in [0.2, 0.25) is 0 Å². The maximum absolute atomic E-state index is 11.0. The number of hydrogen-bond acceptors (Lipinski definition) is 3. The molecule has 4 aromatic rings. The average Bonchev–Trinajstić information content (AvgIpc) is 3.15. The molecule has 2 unspecified atom stereocenters. The van der Waals surface area contributed by atoms with E-state index in [1.165, 1.54) is 50.6 Å². The van der Waals surface area contributed by atoms with Crippen LogP contribution in [0.5, 0.6) is 0 Å². The predicted octanol–water partition coefficient (Wildman–Crippen LogP) is 12.0. The van der Waals surface area contributed by atoms with E-state index in [0.29, 0.717) is 24.2 Å². The molecule has 0 bridgehead atoms. The molecule has 0 heterocycles. The first-order valence-corrected chi connectivity index (χ1v) is 20.7. The lowest BCUT2D eigenvalue weighted by molar-refractivity contribution is 0.0697. The summed E-state index contributed by atoms with van der Waals surface area (Å²) in [4.78, 5) is 15.9. The van der Waals surface area contributed by atoms with Gasteiger partial charge in [0.1, 0.15) is 0 Å². The highest BCUT2D eigenvalue weighted by atomic mass is 127. The number of benzene rings is 4. The number of terminal acetylenes is 1. The molecule has 0 fully saturated rings. The van der Waals surface area contributed by atoms with E-state index < -0.39 is 5.97 Å². The van der Waals surface area contributed by atoms with Gasteiger partial charge in [-0.3, -0.25) is 9.80 Å². The Labute approximate surface area is 346 Å². The zero-order valence-corrected chi connectivity index (χ0v) is 37.1. The number of carboxylic acids is 1. The summed E-state index contributed by atoms with van der Waals surface area (Å²) in [5.74, 6) is 8.26. The third kappa shape index (κ3) is 11.3. The average molecular weight is 849 g/mol. The maximum Gasteiger partial charge on any atom is 0.335 e. The van der Waals surface area contributed by atoms with Crippen molar-refractivity contribution in [2.24, 2.45) is 0 Å². The van der Waals surface area contributed by atoms with Crippen molar-refractivity contribution in [1.29, 1.82) is 0 Å². The minimum absolute atomic E-state index is 0.143. The van der Waals surface area contributed by atoms with Gasteiger partial charge in [-0.2, -0.15) is 0 Å². The molecule has 0 aromatic heterocycles. The normalized spacial score (nSPS) is 17.7. The summed E-state index contributed by atoms with van der Waals surface area (Å²) in [6.07, 6.45) is 10.3. The topological polar surface area (TPSA) is 43.8 Å². The molecule has 0 radical (unpaired) electrons. The van der Waals surface area contributed by atoms with Crippen LogP contribution in [-0.2, 0) is 10.8 Å². The Morgan fingerprint density at radius 2 is 1.13 bits per heavy atom. The van der Waals surface area contributed by atoms with Crippen molar-refractivity contribution in [1.82, 2.24) is 9.80 Å². The predicted molar refractivity (Wildman–Crippen MR) is 240 cm³/mol. The van der Waals surface area contributed by atoms with Crippen molar-refractivity contribution in [2.75, 3.05) is 14.1 Å². The second-order valence-electron chi connectivity index (χ2n) is 17.1. The third-order valence-corrected chi connectivity index (χ3v) is 12.4. The molecule has 55 heavy (non-hydrogen) atoms. The van der Waals surface area contributed by atoms with Gasteiger partial charge in [-0.1, -0.05) is 75.3 Å². The molecule has 2 atom stereocenters. The van der Waals surface area contributed by atoms with Gasteiger partial charge in [-0.05, 0) is 191 Å². The summed E-state index contributed by atoms with van der Waals surface area (Å²) >= 11 is 2.30. The second kappa shape index (κ2) is 18.8. The number of rotatable bonds is 5. The summed E-state index contributed by atoms with van der Waals surface area (Å²) in [7, 11) is 4.44. The number of carboxylic acid groups (broad SMARTS) is 1. The summed E-state index contributed by atoms with van der Waals surface area (Å²) in [5, 5.41) is 9.00. The van der Waals surface area contributed by atoms with Crippen molar-refractivity contribution in [2.45, 2.75) is 123 Å². The molecule has 2 aliphatic carbocycles. The number of fused-ring (bicyclic) bond motifs is 2. The molecule has 0 saturated carbocycles. The molecule has 2 aliphatic rings. The number of hydrogen-bond donors (Lipinski definition) is 1. The van der Waals surface area contributed by atoms with Gasteiger partial charge in [0, 0.05) is 44.4 Å². The van der Waals surface area contributed by atoms with Crippen LogP contribution in [0.25, 0.3) is 0 Å². The number of aryl methyl sites for hydroxylation is 1. The monoisotopic (exact) mass is 848 g/mol. The van der Waals surface area contributed by atoms with Crippen LogP contribution in [0.15, 0.2) is 84.9 Å². The van der Waals surface area contributed by atoms with Crippen molar-refractivity contribution >= 4 is 28.6 Å². The quantitative estimate of drug-likeness (QED) is 0.160. The zero-order valence-electron chi connectivity index (χ0n) is 34.9. The molecule has 1 N–H and O–H groups in total. The van der Waals surface area contributed by atoms with Crippen LogP contribution >= 0.6 is 22.6 Å². The molecule has 290 valence electrons. The summed E-state index contributed by atoms with van der Waals surface area (Å²) < 4.78 is 1.30. The van der Waals surface area contributed by atoms with Gasteiger partial charge in [-0.15, -0.1) is 6.42 Å². The maximum atomic E-state index is 11.0. The van der Waals surface area contributed by atoms with Gasteiger partial charge in [0.2, 0.25) is 0 Å². The van der Waals surface area contributed by atoms with Crippen LogP contribution < -0.4 is 0 Å². The highest BCUT2D eigenvalue weighted by Crippen LogP contribution is 2.45. The van der Waals surface area contributed by atoms with Crippen LogP contribution in [0.3, 0.4) is 0 Å².